The molecule has 3 nitrogen and oxygen atoms in total. The quantitative estimate of drug-likeness (QED) is 0.844. The number of hydrogen-bond donors (Lipinski definition) is 0. The summed E-state index contributed by atoms with van der Waals surface area (Å²) in [5.74, 6) is 0.584. The number of hydrogen-bond acceptors (Lipinski definition) is 3. The van der Waals surface area contributed by atoms with Crippen molar-refractivity contribution in [1.82, 2.24) is 4.98 Å². The number of pyridine rings is 1. The average molecular weight is 310 g/mol. The summed E-state index contributed by atoms with van der Waals surface area (Å²) in [6.07, 6.45) is 2.20. The molecule has 0 spiro atoms. The lowest BCUT2D eigenvalue weighted by Gasteiger charge is -2.06. The van der Waals surface area contributed by atoms with Crippen LogP contribution in [0.25, 0.3) is 0 Å². The number of halogens is 2. The Kier molecular flexibility index (Phi) is 4.99. The molecule has 104 valence electrons. The molecule has 0 radical (unpaired) electrons. The Hall–Kier alpha value is -1.58. The van der Waals surface area contributed by atoms with Crippen molar-refractivity contribution in [2.75, 3.05) is 7.11 Å². The molecule has 0 aliphatic carbocycles. The van der Waals surface area contributed by atoms with Crippen LogP contribution >= 0.6 is 23.2 Å². The molecule has 0 N–H and O–H groups in total. The molecule has 1 heterocycles. The summed E-state index contributed by atoms with van der Waals surface area (Å²) in [6.45, 7) is 0. The van der Waals surface area contributed by atoms with Gasteiger partial charge < -0.3 is 4.74 Å². The van der Waals surface area contributed by atoms with Crippen LogP contribution in [0, 0.1) is 0 Å². The Morgan fingerprint density at radius 3 is 2.65 bits per heavy atom. The van der Waals surface area contributed by atoms with E-state index in [9.17, 15) is 4.79 Å². The van der Waals surface area contributed by atoms with E-state index in [1.54, 1.807) is 37.6 Å². The third kappa shape index (κ3) is 3.71. The molecule has 0 aliphatic rings. The van der Waals surface area contributed by atoms with Gasteiger partial charge in [0.2, 0.25) is 5.88 Å². The summed E-state index contributed by atoms with van der Waals surface area (Å²) in [4.78, 5) is 16.1. The average Bonchev–Trinajstić information content (AvgIpc) is 2.45. The Balaban J connectivity index is 2.03. The van der Waals surface area contributed by atoms with Gasteiger partial charge in [0.25, 0.3) is 0 Å². The maximum atomic E-state index is 12.0. The molecule has 0 atom stereocenters. The Morgan fingerprint density at radius 2 is 2.00 bits per heavy atom. The van der Waals surface area contributed by atoms with E-state index in [-0.39, 0.29) is 12.2 Å². The highest BCUT2D eigenvalue weighted by atomic mass is 35.5. The third-order valence-corrected chi connectivity index (χ3v) is 3.69. The van der Waals surface area contributed by atoms with Gasteiger partial charge in [-0.25, -0.2) is 4.98 Å². The van der Waals surface area contributed by atoms with E-state index in [0.29, 0.717) is 22.3 Å². The number of rotatable bonds is 5. The van der Waals surface area contributed by atoms with Crippen LogP contribution in [0.1, 0.15) is 11.1 Å². The lowest BCUT2D eigenvalue weighted by Crippen LogP contribution is -2.07. The zero-order chi connectivity index (χ0) is 14.5. The van der Waals surface area contributed by atoms with Crippen molar-refractivity contribution in [3.8, 4) is 5.88 Å². The second-order valence-electron chi connectivity index (χ2n) is 4.31. The van der Waals surface area contributed by atoms with E-state index in [1.165, 1.54) is 0 Å². The molecular weight excluding hydrogens is 297 g/mol. The molecule has 5 heteroatoms. The maximum absolute atomic E-state index is 12.0. The van der Waals surface area contributed by atoms with Crippen molar-refractivity contribution in [2.45, 2.75) is 12.8 Å². The van der Waals surface area contributed by atoms with E-state index >= 15 is 0 Å². The minimum absolute atomic E-state index is 0.0566. The number of aromatic nitrogens is 1. The van der Waals surface area contributed by atoms with Gasteiger partial charge in [0.15, 0.2) is 0 Å². The number of Topliss-reactive ketones (excluding diaryl/α,β-unsaturated/α-hetero) is 1. The molecule has 20 heavy (non-hydrogen) atoms. The topological polar surface area (TPSA) is 39.2 Å². The zero-order valence-corrected chi connectivity index (χ0v) is 12.4. The predicted octanol–water partition coefficient (Wildman–Crippen LogP) is 3.75. The normalized spacial score (nSPS) is 10.3. The number of ketones is 1. The lowest BCUT2D eigenvalue weighted by atomic mass is 10.0. The van der Waals surface area contributed by atoms with Gasteiger partial charge in [-0.15, -0.1) is 0 Å². The molecule has 2 aromatic rings. The number of nitrogens with zero attached hydrogens (tertiary/aromatic N) is 1. The first kappa shape index (κ1) is 14.8. The fourth-order valence-electron chi connectivity index (χ4n) is 1.82. The highest BCUT2D eigenvalue weighted by molar-refractivity contribution is 6.42. The van der Waals surface area contributed by atoms with E-state index < -0.39 is 0 Å². The van der Waals surface area contributed by atoms with Gasteiger partial charge in [0.05, 0.1) is 17.2 Å². The van der Waals surface area contributed by atoms with Crippen molar-refractivity contribution in [3.05, 3.63) is 57.7 Å². The van der Waals surface area contributed by atoms with E-state index in [4.69, 9.17) is 27.9 Å². The number of methoxy groups -OCH3 is 1. The minimum atomic E-state index is 0.0566. The molecule has 2 rings (SSSR count). The van der Waals surface area contributed by atoms with E-state index in [0.717, 1.165) is 11.1 Å². The molecular formula is C15H13Cl2NO2. The fraction of sp³-hybridized carbons (Fsp3) is 0.200. The highest BCUT2D eigenvalue weighted by Crippen LogP contribution is 2.26. The van der Waals surface area contributed by atoms with Crippen molar-refractivity contribution in [1.29, 1.82) is 0 Å². The smallest absolute Gasteiger partial charge is 0.212 e. The van der Waals surface area contributed by atoms with Crippen LogP contribution in [0.4, 0.5) is 0 Å². The van der Waals surface area contributed by atoms with Crippen LogP contribution in [-0.4, -0.2) is 17.9 Å². The molecule has 1 aromatic carbocycles. The molecule has 0 aliphatic heterocycles. The molecule has 0 saturated carbocycles. The van der Waals surface area contributed by atoms with Gasteiger partial charge in [-0.2, -0.15) is 0 Å². The number of benzene rings is 1. The molecule has 0 bridgehead atoms. The van der Waals surface area contributed by atoms with Crippen LogP contribution in [0.5, 0.6) is 5.88 Å². The van der Waals surface area contributed by atoms with Crippen molar-refractivity contribution in [2.24, 2.45) is 0 Å². The Morgan fingerprint density at radius 1 is 1.20 bits per heavy atom. The van der Waals surface area contributed by atoms with Gasteiger partial charge in [0.1, 0.15) is 5.78 Å². The van der Waals surface area contributed by atoms with Gasteiger partial charge in [-0.1, -0.05) is 41.4 Å². The predicted molar refractivity (Wildman–Crippen MR) is 79.7 cm³/mol. The summed E-state index contributed by atoms with van der Waals surface area (Å²) >= 11 is 12.0. The molecule has 0 fully saturated rings. The summed E-state index contributed by atoms with van der Waals surface area (Å²) in [6, 6.07) is 8.84. The monoisotopic (exact) mass is 309 g/mol. The Labute approximate surface area is 127 Å². The first-order chi connectivity index (χ1) is 9.60. The SMILES string of the molecule is COc1ccc(CC(=O)Cc2cccc(Cl)c2Cl)cn1. The number of carbonyl (C=O) groups is 1. The highest BCUT2D eigenvalue weighted by Gasteiger charge is 2.10. The van der Waals surface area contributed by atoms with Gasteiger partial charge in [-0.05, 0) is 17.2 Å². The molecule has 0 unspecified atom stereocenters. The summed E-state index contributed by atoms with van der Waals surface area (Å²) in [7, 11) is 1.55. The van der Waals surface area contributed by atoms with Crippen molar-refractivity contribution in [3.63, 3.8) is 0 Å². The third-order valence-electron chi connectivity index (χ3n) is 2.83. The number of carbonyl (C=O) groups excluding carboxylic acids is 1. The van der Waals surface area contributed by atoms with Gasteiger partial charge >= 0.3 is 0 Å². The first-order valence-corrected chi connectivity index (χ1v) is 6.79. The van der Waals surface area contributed by atoms with Gasteiger partial charge in [0, 0.05) is 25.1 Å². The van der Waals surface area contributed by atoms with Gasteiger partial charge in [-0.3, -0.25) is 4.79 Å². The van der Waals surface area contributed by atoms with Crippen LogP contribution < -0.4 is 4.74 Å². The fourth-order valence-corrected chi connectivity index (χ4v) is 2.21. The minimum Gasteiger partial charge on any atom is -0.481 e. The Bertz CT molecular complexity index is 612. The summed E-state index contributed by atoms with van der Waals surface area (Å²) in [5, 5.41) is 0.901. The van der Waals surface area contributed by atoms with E-state index in [2.05, 4.69) is 4.98 Å². The zero-order valence-electron chi connectivity index (χ0n) is 10.9. The molecule has 0 saturated heterocycles. The van der Waals surface area contributed by atoms with Crippen LogP contribution in [0.15, 0.2) is 36.5 Å². The van der Waals surface area contributed by atoms with Crippen molar-refractivity contribution < 1.29 is 9.53 Å². The first-order valence-electron chi connectivity index (χ1n) is 6.03. The van der Waals surface area contributed by atoms with Crippen LogP contribution in [-0.2, 0) is 17.6 Å². The molecule has 0 amide bonds. The van der Waals surface area contributed by atoms with Crippen LogP contribution in [0.3, 0.4) is 0 Å². The lowest BCUT2D eigenvalue weighted by molar-refractivity contribution is -0.117. The van der Waals surface area contributed by atoms with Crippen LogP contribution in [0.2, 0.25) is 10.0 Å². The summed E-state index contributed by atoms with van der Waals surface area (Å²) < 4.78 is 4.97. The molecule has 1 aromatic heterocycles. The summed E-state index contributed by atoms with van der Waals surface area (Å²) in [5.41, 5.74) is 1.58. The number of ether oxygens (including phenoxy) is 1. The largest absolute Gasteiger partial charge is 0.481 e. The maximum Gasteiger partial charge on any atom is 0.212 e. The van der Waals surface area contributed by atoms with Crippen molar-refractivity contribution >= 4 is 29.0 Å². The second-order valence-corrected chi connectivity index (χ2v) is 5.10. The standard InChI is InChI=1S/C15H13Cl2NO2/c1-20-14-6-5-10(9-18-14)7-12(19)8-11-3-2-4-13(16)15(11)17/h2-6,9H,7-8H2,1H3. The van der Waals surface area contributed by atoms with E-state index in [1.807, 2.05) is 6.07 Å². The second kappa shape index (κ2) is 6.73.